The SMILES string of the molecule is Cc1nnc(N2CCCC(N(C)S(C)(=O)=O)C2)s1. The van der Waals surface area contributed by atoms with Gasteiger partial charge in [0, 0.05) is 26.2 Å². The van der Waals surface area contributed by atoms with Crippen molar-refractivity contribution >= 4 is 26.5 Å². The van der Waals surface area contributed by atoms with Crippen LogP contribution in [-0.4, -0.2) is 55.4 Å². The fraction of sp³-hybridized carbons (Fsp3) is 0.800. The van der Waals surface area contributed by atoms with Crippen LogP contribution < -0.4 is 4.90 Å². The van der Waals surface area contributed by atoms with Crippen LogP contribution >= 0.6 is 11.3 Å². The van der Waals surface area contributed by atoms with Gasteiger partial charge in [-0.2, -0.15) is 0 Å². The molecule has 1 fully saturated rings. The van der Waals surface area contributed by atoms with Crippen molar-refractivity contribution in [1.82, 2.24) is 14.5 Å². The number of piperidine rings is 1. The normalized spacial score (nSPS) is 21.6. The molecule has 0 N–H and O–H groups in total. The Morgan fingerprint density at radius 3 is 2.72 bits per heavy atom. The van der Waals surface area contributed by atoms with E-state index < -0.39 is 10.0 Å². The molecule has 8 heteroatoms. The van der Waals surface area contributed by atoms with Crippen molar-refractivity contribution in [2.45, 2.75) is 25.8 Å². The molecule has 0 spiro atoms. The van der Waals surface area contributed by atoms with Gasteiger partial charge in [-0.3, -0.25) is 0 Å². The molecule has 0 aliphatic carbocycles. The fourth-order valence-corrected chi connectivity index (χ4v) is 3.55. The first-order valence-electron chi connectivity index (χ1n) is 5.86. The Morgan fingerprint density at radius 1 is 1.44 bits per heavy atom. The Balaban J connectivity index is 2.09. The summed E-state index contributed by atoms with van der Waals surface area (Å²) in [4.78, 5) is 2.13. The highest BCUT2D eigenvalue weighted by atomic mass is 32.2. The lowest BCUT2D eigenvalue weighted by atomic mass is 10.1. The number of rotatable bonds is 3. The van der Waals surface area contributed by atoms with Gasteiger partial charge in [0.1, 0.15) is 5.01 Å². The molecule has 0 saturated carbocycles. The van der Waals surface area contributed by atoms with Crippen molar-refractivity contribution in [3.8, 4) is 0 Å². The van der Waals surface area contributed by atoms with Crippen LogP contribution in [0, 0.1) is 6.92 Å². The maximum absolute atomic E-state index is 11.6. The van der Waals surface area contributed by atoms with E-state index in [2.05, 4.69) is 15.1 Å². The van der Waals surface area contributed by atoms with Gasteiger partial charge in [-0.25, -0.2) is 12.7 Å². The molecule has 2 heterocycles. The molecule has 2 rings (SSSR count). The van der Waals surface area contributed by atoms with Gasteiger partial charge < -0.3 is 4.90 Å². The summed E-state index contributed by atoms with van der Waals surface area (Å²) in [6.45, 7) is 3.53. The Kier molecular flexibility index (Phi) is 3.88. The zero-order valence-electron chi connectivity index (χ0n) is 10.8. The molecule has 0 bridgehead atoms. The highest BCUT2D eigenvalue weighted by molar-refractivity contribution is 7.88. The van der Waals surface area contributed by atoms with Crippen LogP contribution in [0.3, 0.4) is 0 Å². The summed E-state index contributed by atoms with van der Waals surface area (Å²) in [5, 5.41) is 9.95. The van der Waals surface area contributed by atoms with Crippen molar-refractivity contribution in [3.63, 3.8) is 0 Å². The second-order valence-electron chi connectivity index (χ2n) is 4.62. The van der Waals surface area contributed by atoms with E-state index in [1.54, 1.807) is 18.4 Å². The molecular formula is C10H18N4O2S2. The maximum Gasteiger partial charge on any atom is 0.211 e. The van der Waals surface area contributed by atoms with Crippen LogP contribution in [0.25, 0.3) is 0 Å². The number of anilines is 1. The van der Waals surface area contributed by atoms with E-state index in [0.717, 1.165) is 29.5 Å². The first-order valence-corrected chi connectivity index (χ1v) is 8.52. The van der Waals surface area contributed by atoms with E-state index in [4.69, 9.17) is 0 Å². The summed E-state index contributed by atoms with van der Waals surface area (Å²) in [5.74, 6) is 0. The number of aryl methyl sites for hydroxylation is 1. The highest BCUT2D eigenvalue weighted by Gasteiger charge is 2.29. The minimum absolute atomic E-state index is 0.0259. The van der Waals surface area contributed by atoms with Gasteiger partial charge in [0.05, 0.1) is 6.26 Å². The Bertz CT molecular complexity index is 514. The van der Waals surface area contributed by atoms with Crippen LogP contribution in [0.1, 0.15) is 17.8 Å². The molecule has 1 atom stereocenters. The van der Waals surface area contributed by atoms with Crippen LogP contribution in [0.15, 0.2) is 0 Å². The summed E-state index contributed by atoms with van der Waals surface area (Å²) in [7, 11) is -1.48. The van der Waals surface area contributed by atoms with E-state index in [9.17, 15) is 8.42 Å². The van der Waals surface area contributed by atoms with Gasteiger partial charge in [0.2, 0.25) is 15.2 Å². The zero-order chi connectivity index (χ0) is 13.3. The summed E-state index contributed by atoms with van der Waals surface area (Å²) >= 11 is 1.55. The number of sulfonamides is 1. The van der Waals surface area contributed by atoms with Gasteiger partial charge in [0.15, 0.2) is 0 Å². The lowest BCUT2D eigenvalue weighted by Crippen LogP contribution is -2.48. The van der Waals surface area contributed by atoms with Crippen molar-refractivity contribution < 1.29 is 8.42 Å². The second kappa shape index (κ2) is 5.10. The van der Waals surface area contributed by atoms with Crippen molar-refractivity contribution in [1.29, 1.82) is 0 Å². The standard InChI is InChI=1S/C10H18N4O2S2/c1-8-11-12-10(17-8)14-6-4-5-9(7-14)13(2)18(3,15)16/h9H,4-7H2,1-3H3. The van der Waals surface area contributed by atoms with Gasteiger partial charge >= 0.3 is 0 Å². The summed E-state index contributed by atoms with van der Waals surface area (Å²) in [6, 6.07) is 0.0259. The van der Waals surface area contributed by atoms with Crippen LogP contribution in [0.2, 0.25) is 0 Å². The Morgan fingerprint density at radius 2 is 2.17 bits per heavy atom. The second-order valence-corrected chi connectivity index (χ2v) is 7.83. The molecule has 1 aromatic rings. The van der Waals surface area contributed by atoms with Crippen LogP contribution in [-0.2, 0) is 10.0 Å². The number of nitrogens with zero attached hydrogens (tertiary/aromatic N) is 4. The van der Waals surface area contributed by atoms with Gasteiger partial charge in [0.25, 0.3) is 0 Å². The summed E-state index contributed by atoms with van der Waals surface area (Å²) in [6.07, 6.45) is 3.13. The maximum atomic E-state index is 11.6. The number of hydrogen-bond donors (Lipinski definition) is 0. The highest BCUT2D eigenvalue weighted by Crippen LogP contribution is 2.25. The van der Waals surface area contributed by atoms with E-state index >= 15 is 0 Å². The number of hydrogen-bond acceptors (Lipinski definition) is 6. The predicted octanol–water partition coefficient (Wildman–Crippen LogP) is 0.707. The van der Waals surface area contributed by atoms with E-state index in [0.29, 0.717) is 6.54 Å². The van der Waals surface area contributed by atoms with Gasteiger partial charge in [-0.1, -0.05) is 11.3 Å². The van der Waals surface area contributed by atoms with E-state index in [-0.39, 0.29) is 6.04 Å². The molecule has 1 aromatic heterocycles. The Labute approximate surface area is 112 Å². The first-order chi connectivity index (χ1) is 8.38. The minimum atomic E-state index is -3.13. The average molecular weight is 290 g/mol. The third-order valence-corrected chi connectivity index (χ3v) is 5.46. The van der Waals surface area contributed by atoms with Crippen LogP contribution in [0.5, 0.6) is 0 Å². The van der Waals surface area contributed by atoms with Gasteiger partial charge in [-0.15, -0.1) is 10.2 Å². The molecule has 0 aromatic carbocycles. The predicted molar refractivity (Wildman–Crippen MR) is 72.5 cm³/mol. The molecule has 1 saturated heterocycles. The monoisotopic (exact) mass is 290 g/mol. The summed E-state index contributed by atoms with van der Waals surface area (Å²) in [5.41, 5.74) is 0. The smallest absolute Gasteiger partial charge is 0.211 e. The van der Waals surface area contributed by atoms with E-state index in [1.165, 1.54) is 10.6 Å². The molecular weight excluding hydrogens is 272 g/mol. The number of aromatic nitrogens is 2. The lowest BCUT2D eigenvalue weighted by Gasteiger charge is -2.36. The third-order valence-electron chi connectivity index (χ3n) is 3.22. The fourth-order valence-electron chi connectivity index (χ4n) is 2.11. The molecule has 1 aliphatic heterocycles. The molecule has 18 heavy (non-hydrogen) atoms. The zero-order valence-corrected chi connectivity index (χ0v) is 12.5. The third kappa shape index (κ3) is 2.99. The molecule has 6 nitrogen and oxygen atoms in total. The molecule has 0 radical (unpaired) electrons. The van der Waals surface area contributed by atoms with Crippen molar-refractivity contribution in [2.75, 3.05) is 31.3 Å². The van der Waals surface area contributed by atoms with Crippen molar-refractivity contribution in [3.05, 3.63) is 5.01 Å². The quantitative estimate of drug-likeness (QED) is 0.820. The van der Waals surface area contributed by atoms with E-state index in [1.807, 2.05) is 6.92 Å². The minimum Gasteiger partial charge on any atom is -0.345 e. The molecule has 0 amide bonds. The topological polar surface area (TPSA) is 66.4 Å². The first kappa shape index (κ1) is 13.7. The molecule has 1 unspecified atom stereocenters. The average Bonchev–Trinajstić information content (AvgIpc) is 2.74. The van der Waals surface area contributed by atoms with Crippen molar-refractivity contribution in [2.24, 2.45) is 0 Å². The van der Waals surface area contributed by atoms with Gasteiger partial charge in [-0.05, 0) is 19.8 Å². The van der Waals surface area contributed by atoms with Crippen LogP contribution in [0.4, 0.5) is 5.13 Å². The molecule has 1 aliphatic rings. The summed E-state index contributed by atoms with van der Waals surface area (Å²) < 4.78 is 24.6. The Hall–Kier alpha value is -0.730. The number of likely N-dealkylation sites (N-methyl/N-ethyl adjacent to an activating group) is 1. The lowest BCUT2D eigenvalue weighted by molar-refractivity contribution is 0.322. The largest absolute Gasteiger partial charge is 0.345 e. The molecule has 102 valence electrons.